The van der Waals surface area contributed by atoms with Crippen molar-refractivity contribution in [3.8, 4) is 0 Å². The van der Waals surface area contributed by atoms with Crippen LogP contribution in [0.2, 0.25) is 5.02 Å². The number of methoxy groups -OCH3 is 2. The Labute approximate surface area is 208 Å². The zero-order valence-electron chi connectivity index (χ0n) is 19.9. The molecular formula is C22H34ClNO11. The van der Waals surface area contributed by atoms with Gasteiger partial charge in [0.05, 0.1) is 30.0 Å². The van der Waals surface area contributed by atoms with Gasteiger partial charge in [-0.15, -0.1) is 0 Å². The number of rotatable bonds is 12. The van der Waals surface area contributed by atoms with Gasteiger partial charge >= 0.3 is 0 Å². The number of aliphatic hydroxyl groups is 5. The van der Waals surface area contributed by atoms with Crippen molar-refractivity contribution < 1.29 is 54.0 Å². The van der Waals surface area contributed by atoms with E-state index in [1.54, 1.807) is 18.2 Å². The highest BCUT2D eigenvalue weighted by Crippen LogP contribution is 2.29. The van der Waals surface area contributed by atoms with Crippen LogP contribution in [0.4, 0.5) is 5.69 Å². The molecule has 9 atom stereocenters. The van der Waals surface area contributed by atoms with E-state index in [4.69, 9.17) is 35.3 Å². The molecule has 1 saturated heterocycles. The summed E-state index contributed by atoms with van der Waals surface area (Å²) in [6.45, 7) is 2.50. The minimum atomic E-state index is -1.66. The standard InChI is InChI=1S/C22H34ClNO11/c1-10(25)16(27)18(29)21(32-4)35-20-15(9-31-3)34-22(19(30)17(20)28)33-8-12-5-6-13(23)14(7-12)24-11(2)26/h5-7,10,15-22,25,27-30H,8-9H2,1-4H3,(H,24,26). The van der Waals surface area contributed by atoms with E-state index in [0.29, 0.717) is 16.3 Å². The number of nitrogens with one attached hydrogen (secondary N) is 1. The molecule has 200 valence electrons. The molecule has 0 aliphatic carbocycles. The summed E-state index contributed by atoms with van der Waals surface area (Å²) in [5, 5.41) is 54.0. The van der Waals surface area contributed by atoms with Gasteiger partial charge < -0.3 is 54.5 Å². The van der Waals surface area contributed by atoms with Gasteiger partial charge in [0.15, 0.2) is 12.6 Å². The maximum absolute atomic E-state index is 11.3. The van der Waals surface area contributed by atoms with E-state index in [0.717, 1.165) is 0 Å². The van der Waals surface area contributed by atoms with E-state index in [2.05, 4.69) is 5.32 Å². The lowest BCUT2D eigenvalue weighted by Crippen LogP contribution is -2.62. The first-order valence-corrected chi connectivity index (χ1v) is 11.3. The van der Waals surface area contributed by atoms with Crippen LogP contribution in [0.5, 0.6) is 0 Å². The Morgan fingerprint density at radius 3 is 2.43 bits per heavy atom. The third-order valence-electron chi connectivity index (χ3n) is 5.37. The van der Waals surface area contributed by atoms with E-state index < -0.39 is 55.3 Å². The summed E-state index contributed by atoms with van der Waals surface area (Å²) in [7, 11) is 2.60. The van der Waals surface area contributed by atoms with Gasteiger partial charge in [-0.05, 0) is 24.6 Å². The molecule has 13 heteroatoms. The second-order valence-corrected chi connectivity index (χ2v) is 8.62. The van der Waals surface area contributed by atoms with Crippen LogP contribution in [0, 0.1) is 0 Å². The molecule has 0 bridgehead atoms. The number of aliphatic hydroxyl groups excluding tert-OH is 5. The topological polar surface area (TPSA) is 176 Å². The van der Waals surface area contributed by atoms with Gasteiger partial charge in [-0.1, -0.05) is 17.7 Å². The molecule has 6 N–H and O–H groups in total. The van der Waals surface area contributed by atoms with Crippen LogP contribution in [0.1, 0.15) is 19.4 Å². The highest BCUT2D eigenvalue weighted by atomic mass is 35.5. The second kappa shape index (κ2) is 13.8. The molecule has 1 aliphatic rings. The van der Waals surface area contributed by atoms with E-state index >= 15 is 0 Å². The molecule has 1 amide bonds. The Kier molecular flexibility index (Phi) is 11.7. The lowest BCUT2D eigenvalue weighted by atomic mass is 9.98. The molecule has 1 aliphatic heterocycles. The van der Waals surface area contributed by atoms with Crippen molar-refractivity contribution >= 4 is 23.2 Å². The number of benzene rings is 1. The average Bonchev–Trinajstić information content (AvgIpc) is 2.81. The number of carbonyl (C=O) groups is 1. The van der Waals surface area contributed by atoms with Crippen LogP contribution >= 0.6 is 11.6 Å². The van der Waals surface area contributed by atoms with Crippen molar-refractivity contribution in [2.75, 3.05) is 26.1 Å². The van der Waals surface area contributed by atoms with Crippen molar-refractivity contribution in [3.63, 3.8) is 0 Å². The second-order valence-electron chi connectivity index (χ2n) is 8.21. The van der Waals surface area contributed by atoms with Gasteiger partial charge in [0.1, 0.15) is 36.6 Å². The van der Waals surface area contributed by atoms with Crippen LogP contribution in [0.25, 0.3) is 0 Å². The quantitative estimate of drug-likeness (QED) is 0.192. The van der Waals surface area contributed by atoms with Crippen molar-refractivity contribution in [2.45, 2.75) is 75.8 Å². The monoisotopic (exact) mass is 523 g/mol. The molecule has 9 unspecified atom stereocenters. The molecular weight excluding hydrogens is 490 g/mol. The maximum atomic E-state index is 11.3. The van der Waals surface area contributed by atoms with Gasteiger partial charge in [0.25, 0.3) is 0 Å². The number of ether oxygens (including phenoxy) is 5. The number of hydrogen-bond acceptors (Lipinski definition) is 11. The first-order valence-electron chi connectivity index (χ1n) is 10.9. The highest BCUT2D eigenvalue weighted by Gasteiger charge is 2.48. The summed E-state index contributed by atoms with van der Waals surface area (Å²) >= 11 is 6.08. The Hall–Kier alpha value is -1.42. The predicted octanol–water partition coefficient (Wildman–Crippen LogP) is -0.632. The van der Waals surface area contributed by atoms with Gasteiger partial charge in [0, 0.05) is 21.1 Å². The molecule has 0 saturated carbocycles. The fraction of sp³-hybridized carbons (Fsp3) is 0.682. The van der Waals surface area contributed by atoms with Crippen LogP contribution in [-0.2, 0) is 35.1 Å². The lowest BCUT2D eigenvalue weighted by Gasteiger charge is -2.43. The molecule has 1 aromatic carbocycles. The van der Waals surface area contributed by atoms with E-state index in [9.17, 15) is 30.3 Å². The maximum Gasteiger partial charge on any atom is 0.221 e. The average molecular weight is 524 g/mol. The van der Waals surface area contributed by atoms with Crippen molar-refractivity contribution in [1.29, 1.82) is 0 Å². The zero-order chi connectivity index (χ0) is 26.3. The summed E-state index contributed by atoms with van der Waals surface area (Å²) in [4.78, 5) is 11.3. The molecule has 1 aromatic rings. The number of amides is 1. The summed E-state index contributed by atoms with van der Waals surface area (Å²) in [5.74, 6) is -0.298. The molecule has 0 aromatic heterocycles. The van der Waals surface area contributed by atoms with Crippen LogP contribution < -0.4 is 5.32 Å². The van der Waals surface area contributed by atoms with E-state index in [-0.39, 0.29) is 19.1 Å². The molecule has 2 rings (SSSR count). The smallest absolute Gasteiger partial charge is 0.221 e. The molecule has 0 radical (unpaired) electrons. The largest absolute Gasteiger partial charge is 0.391 e. The van der Waals surface area contributed by atoms with Crippen molar-refractivity contribution in [2.24, 2.45) is 0 Å². The van der Waals surface area contributed by atoms with Gasteiger partial charge in [-0.3, -0.25) is 4.79 Å². The molecule has 1 heterocycles. The van der Waals surface area contributed by atoms with Crippen molar-refractivity contribution in [3.05, 3.63) is 28.8 Å². The first kappa shape index (κ1) is 29.8. The molecule has 1 fully saturated rings. The zero-order valence-corrected chi connectivity index (χ0v) is 20.7. The van der Waals surface area contributed by atoms with E-state index in [1.807, 2.05) is 0 Å². The Balaban J connectivity index is 2.11. The summed E-state index contributed by atoms with van der Waals surface area (Å²) in [6, 6.07) is 4.84. The Bertz CT molecular complexity index is 814. The van der Waals surface area contributed by atoms with Gasteiger partial charge in [-0.2, -0.15) is 0 Å². The van der Waals surface area contributed by atoms with Crippen LogP contribution in [0.3, 0.4) is 0 Å². The Morgan fingerprint density at radius 1 is 1.17 bits per heavy atom. The highest BCUT2D eigenvalue weighted by molar-refractivity contribution is 6.33. The third-order valence-corrected chi connectivity index (χ3v) is 5.70. The predicted molar refractivity (Wildman–Crippen MR) is 122 cm³/mol. The number of anilines is 1. The Morgan fingerprint density at radius 2 is 1.86 bits per heavy atom. The number of hydrogen-bond donors (Lipinski definition) is 6. The SMILES string of the molecule is COCC1OC(OCc2ccc(Cl)c(NC(C)=O)c2)C(O)C(O)C1OC(OC)C(O)C(O)C(C)O. The number of carbonyl (C=O) groups excluding carboxylic acids is 1. The fourth-order valence-corrected chi connectivity index (χ4v) is 3.68. The minimum absolute atomic E-state index is 0.0522. The first-order chi connectivity index (χ1) is 16.5. The van der Waals surface area contributed by atoms with Crippen molar-refractivity contribution in [1.82, 2.24) is 0 Å². The van der Waals surface area contributed by atoms with Gasteiger partial charge in [0.2, 0.25) is 5.91 Å². The van der Waals surface area contributed by atoms with E-state index in [1.165, 1.54) is 28.1 Å². The molecule has 12 nitrogen and oxygen atoms in total. The van der Waals surface area contributed by atoms with Gasteiger partial charge in [-0.25, -0.2) is 0 Å². The molecule has 35 heavy (non-hydrogen) atoms. The van der Waals surface area contributed by atoms with Crippen LogP contribution in [-0.4, -0.2) is 108 Å². The third kappa shape index (κ3) is 8.03. The molecule has 0 spiro atoms. The fourth-order valence-electron chi connectivity index (χ4n) is 3.51. The summed E-state index contributed by atoms with van der Waals surface area (Å²) in [6.07, 6.45) is -12.6. The normalized spacial score (nSPS) is 28.2. The lowest BCUT2D eigenvalue weighted by molar-refractivity contribution is -0.338. The van der Waals surface area contributed by atoms with Crippen LogP contribution in [0.15, 0.2) is 18.2 Å². The minimum Gasteiger partial charge on any atom is -0.391 e. The summed E-state index contributed by atoms with van der Waals surface area (Å²) < 4.78 is 27.3. The summed E-state index contributed by atoms with van der Waals surface area (Å²) in [5.41, 5.74) is 1.000. The number of halogens is 1.